The number of aromatic hydroxyl groups is 1. The Hall–Kier alpha value is -1.22. The Labute approximate surface area is 67.6 Å². The Morgan fingerprint density at radius 2 is 2.36 bits per heavy atom. The summed E-state index contributed by atoms with van der Waals surface area (Å²) in [6.45, 7) is 0. The normalized spacial score (nSPS) is 10.6. The third-order valence-electron chi connectivity index (χ3n) is 1.45. The zero-order valence-corrected chi connectivity index (χ0v) is 6.26. The van der Waals surface area contributed by atoms with Gasteiger partial charge in [-0.15, -0.1) is 0 Å². The number of nitrogens with zero attached hydrogens (tertiary/aromatic N) is 1. The first kappa shape index (κ1) is 6.49. The van der Waals surface area contributed by atoms with Gasteiger partial charge in [0.05, 0.1) is 16.7 Å². The summed E-state index contributed by atoms with van der Waals surface area (Å²) < 4.78 is 0. The molecule has 0 radical (unpaired) electrons. The monoisotopic (exact) mass is 168 g/mol. The Morgan fingerprint density at radius 3 is 3.18 bits per heavy atom. The molecule has 0 fully saturated rings. The molecule has 0 spiro atoms. The molecule has 2 aromatic heterocycles. The molecule has 0 saturated heterocycles. The smallest absolute Gasteiger partial charge is 0.135 e. The number of hydrogen-bond donors (Lipinski definition) is 2. The molecule has 0 amide bonds. The molecule has 0 aromatic carbocycles. The Morgan fingerprint density at radius 1 is 1.55 bits per heavy atom. The highest BCUT2D eigenvalue weighted by Gasteiger charge is 2.01. The van der Waals surface area contributed by atoms with Crippen molar-refractivity contribution in [1.29, 1.82) is 0 Å². The van der Waals surface area contributed by atoms with Gasteiger partial charge in [0.2, 0.25) is 0 Å². The highest BCUT2D eigenvalue weighted by atomic mass is 35.5. The molecular formula is C7H5ClN2O. The van der Waals surface area contributed by atoms with Gasteiger partial charge >= 0.3 is 0 Å². The molecule has 56 valence electrons. The van der Waals surface area contributed by atoms with E-state index in [9.17, 15) is 0 Å². The summed E-state index contributed by atoms with van der Waals surface area (Å²) in [7, 11) is 0. The largest absolute Gasteiger partial charge is 0.506 e. The lowest BCUT2D eigenvalue weighted by molar-refractivity contribution is 0.474. The van der Waals surface area contributed by atoms with Crippen LogP contribution in [0.2, 0.25) is 5.02 Å². The molecule has 0 aliphatic heterocycles. The summed E-state index contributed by atoms with van der Waals surface area (Å²) in [4.78, 5) is 6.80. The van der Waals surface area contributed by atoms with Crippen LogP contribution in [0.25, 0.3) is 11.0 Å². The summed E-state index contributed by atoms with van der Waals surface area (Å²) in [5.74, 6) is 0.135. The van der Waals surface area contributed by atoms with Gasteiger partial charge in [0, 0.05) is 12.3 Å². The number of rotatable bonds is 0. The van der Waals surface area contributed by atoms with Crippen molar-refractivity contribution in [1.82, 2.24) is 9.97 Å². The molecule has 2 N–H and O–H groups in total. The number of pyridine rings is 1. The van der Waals surface area contributed by atoms with Crippen LogP contribution in [0.15, 0.2) is 18.5 Å². The Balaban J connectivity index is 2.86. The first-order chi connectivity index (χ1) is 5.27. The fourth-order valence-corrected chi connectivity index (χ4v) is 1.17. The lowest BCUT2D eigenvalue weighted by atomic mass is 10.4. The fraction of sp³-hybridized carbons (Fsp3) is 0. The second-order valence-corrected chi connectivity index (χ2v) is 2.63. The van der Waals surface area contributed by atoms with Gasteiger partial charge in [0.1, 0.15) is 11.3 Å². The van der Waals surface area contributed by atoms with Crippen LogP contribution in [0.4, 0.5) is 0 Å². The second-order valence-electron chi connectivity index (χ2n) is 2.23. The number of fused-ring (bicyclic) bond motifs is 1. The van der Waals surface area contributed by atoms with E-state index in [0.29, 0.717) is 10.5 Å². The molecule has 0 atom stereocenters. The summed E-state index contributed by atoms with van der Waals surface area (Å²) >= 11 is 5.75. The molecule has 2 rings (SSSR count). The highest BCUT2D eigenvalue weighted by molar-refractivity contribution is 6.35. The number of hydrogen-bond acceptors (Lipinski definition) is 2. The molecule has 0 saturated carbocycles. The van der Waals surface area contributed by atoms with Crippen molar-refractivity contribution < 1.29 is 5.11 Å². The van der Waals surface area contributed by atoms with E-state index >= 15 is 0 Å². The number of aromatic nitrogens is 2. The topological polar surface area (TPSA) is 48.9 Å². The summed E-state index contributed by atoms with van der Waals surface area (Å²) in [6, 6.07) is 1.58. The minimum atomic E-state index is 0.135. The van der Waals surface area contributed by atoms with Crippen molar-refractivity contribution in [2.45, 2.75) is 0 Å². The van der Waals surface area contributed by atoms with Crippen LogP contribution in [0.3, 0.4) is 0 Å². The molecule has 0 unspecified atom stereocenters. The van der Waals surface area contributed by atoms with Crippen molar-refractivity contribution in [2.75, 3.05) is 0 Å². The van der Waals surface area contributed by atoms with E-state index in [0.717, 1.165) is 5.52 Å². The van der Waals surface area contributed by atoms with Crippen LogP contribution >= 0.6 is 11.6 Å². The molecule has 2 aromatic rings. The Bertz CT molecular complexity index is 396. The maximum atomic E-state index is 9.01. The molecule has 0 aliphatic carbocycles. The van der Waals surface area contributed by atoms with E-state index < -0.39 is 0 Å². The van der Waals surface area contributed by atoms with Crippen LogP contribution in [-0.4, -0.2) is 15.1 Å². The van der Waals surface area contributed by atoms with Crippen LogP contribution in [0.1, 0.15) is 0 Å². The van der Waals surface area contributed by atoms with Crippen LogP contribution in [0, 0.1) is 0 Å². The van der Waals surface area contributed by atoms with Crippen LogP contribution in [0.5, 0.6) is 5.75 Å². The minimum Gasteiger partial charge on any atom is -0.506 e. The number of H-pyrrole nitrogens is 1. The quantitative estimate of drug-likeness (QED) is 0.632. The van der Waals surface area contributed by atoms with Crippen LogP contribution in [-0.2, 0) is 0 Å². The molecular weight excluding hydrogens is 164 g/mol. The second kappa shape index (κ2) is 2.13. The van der Waals surface area contributed by atoms with E-state index in [2.05, 4.69) is 9.97 Å². The van der Waals surface area contributed by atoms with Gasteiger partial charge < -0.3 is 10.1 Å². The number of aromatic amines is 1. The Kier molecular flexibility index (Phi) is 1.26. The van der Waals surface area contributed by atoms with Crippen molar-refractivity contribution in [2.24, 2.45) is 0 Å². The molecule has 3 nitrogen and oxygen atoms in total. The highest BCUT2D eigenvalue weighted by Crippen LogP contribution is 2.22. The van der Waals surface area contributed by atoms with Gasteiger partial charge in [0.25, 0.3) is 0 Å². The minimum absolute atomic E-state index is 0.135. The van der Waals surface area contributed by atoms with E-state index in [4.69, 9.17) is 16.7 Å². The van der Waals surface area contributed by atoms with E-state index in [1.54, 1.807) is 12.3 Å². The zero-order valence-electron chi connectivity index (χ0n) is 5.50. The number of halogens is 1. The lowest BCUT2D eigenvalue weighted by Crippen LogP contribution is -1.73. The molecule has 11 heavy (non-hydrogen) atoms. The first-order valence-electron chi connectivity index (χ1n) is 3.09. The van der Waals surface area contributed by atoms with Crippen molar-refractivity contribution in [3.63, 3.8) is 0 Å². The maximum Gasteiger partial charge on any atom is 0.135 e. The van der Waals surface area contributed by atoms with Gasteiger partial charge in [-0.05, 0) is 0 Å². The third kappa shape index (κ3) is 0.935. The van der Waals surface area contributed by atoms with Gasteiger partial charge in [-0.25, -0.2) is 4.98 Å². The zero-order chi connectivity index (χ0) is 7.84. The number of nitrogens with one attached hydrogen (secondary N) is 1. The summed E-state index contributed by atoms with van der Waals surface area (Å²) in [5.41, 5.74) is 1.43. The van der Waals surface area contributed by atoms with Crippen molar-refractivity contribution in [3.8, 4) is 5.75 Å². The lowest BCUT2D eigenvalue weighted by Gasteiger charge is -1.90. The van der Waals surface area contributed by atoms with Gasteiger partial charge in [0.15, 0.2) is 0 Å². The molecule has 2 heterocycles. The van der Waals surface area contributed by atoms with Gasteiger partial charge in [-0.2, -0.15) is 0 Å². The maximum absolute atomic E-state index is 9.01. The van der Waals surface area contributed by atoms with E-state index in [1.165, 1.54) is 6.20 Å². The predicted molar refractivity (Wildman–Crippen MR) is 42.8 cm³/mol. The van der Waals surface area contributed by atoms with E-state index in [-0.39, 0.29) is 5.75 Å². The molecule has 4 heteroatoms. The van der Waals surface area contributed by atoms with E-state index in [1.807, 2.05) is 0 Å². The summed E-state index contributed by atoms with van der Waals surface area (Å²) in [5, 5.41) is 9.58. The average Bonchev–Trinajstić information content (AvgIpc) is 2.32. The first-order valence-corrected chi connectivity index (χ1v) is 3.47. The van der Waals surface area contributed by atoms with Crippen molar-refractivity contribution in [3.05, 3.63) is 23.5 Å². The molecule has 0 aliphatic rings. The van der Waals surface area contributed by atoms with Crippen LogP contribution < -0.4 is 0 Å². The SMILES string of the molecule is Oc1cnc2c(Cl)c[nH]c2c1. The standard InChI is InChI=1S/C7H5ClN2O/c8-5-3-9-6-1-4(11)2-10-7(5)6/h1-3,9,11H. The van der Waals surface area contributed by atoms with Crippen molar-refractivity contribution >= 4 is 22.6 Å². The van der Waals surface area contributed by atoms with Gasteiger partial charge in [-0.3, -0.25) is 0 Å². The van der Waals surface area contributed by atoms with Gasteiger partial charge in [-0.1, -0.05) is 11.6 Å². The predicted octanol–water partition coefficient (Wildman–Crippen LogP) is 1.92. The average molecular weight is 169 g/mol. The fourth-order valence-electron chi connectivity index (χ4n) is 0.964. The summed E-state index contributed by atoms with van der Waals surface area (Å²) in [6.07, 6.45) is 3.00. The third-order valence-corrected chi connectivity index (χ3v) is 1.74. The molecule has 0 bridgehead atoms.